The smallest absolute Gasteiger partial charge is 0.202 e. The Kier molecular flexibility index (Phi) is 5.17. The fourth-order valence-electron chi connectivity index (χ4n) is 5.66. The maximum atomic E-state index is 13.4. The summed E-state index contributed by atoms with van der Waals surface area (Å²) in [6, 6.07) is 12.4. The molecule has 2 aromatic rings. The molecule has 0 amide bonds. The van der Waals surface area contributed by atoms with Crippen LogP contribution in [0, 0.1) is 10.8 Å². The van der Waals surface area contributed by atoms with Crippen LogP contribution < -0.4 is 0 Å². The molecule has 8 heteroatoms. The second kappa shape index (κ2) is 7.45. The van der Waals surface area contributed by atoms with Crippen molar-refractivity contribution in [2.24, 2.45) is 10.8 Å². The molecule has 0 aromatic heterocycles. The summed E-state index contributed by atoms with van der Waals surface area (Å²) in [6.45, 7) is 0. The molecule has 32 heavy (non-hydrogen) atoms. The predicted octanol–water partition coefficient (Wildman–Crippen LogP) is 6.36. The molecular formula is C24H22Cl2O4S2. The molecule has 4 nitrogen and oxygen atoms in total. The maximum Gasteiger partial charge on any atom is 0.202 e. The van der Waals surface area contributed by atoms with Gasteiger partial charge in [0.05, 0.1) is 9.79 Å². The first-order valence-electron chi connectivity index (χ1n) is 10.5. The predicted molar refractivity (Wildman–Crippen MR) is 126 cm³/mol. The summed E-state index contributed by atoms with van der Waals surface area (Å²) in [5.74, 6) is 0. The third kappa shape index (κ3) is 3.30. The van der Waals surface area contributed by atoms with Gasteiger partial charge in [-0.05, 0) is 74.2 Å². The molecule has 0 spiro atoms. The van der Waals surface area contributed by atoms with E-state index in [0.717, 1.165) is 25.7 Å². The van der Waals surface area contributed by atoms with Crippen LogP contribution in [0.3, 0.4) is 0 Å². The number of sulfone groups is 2. The van der Waals surface area contributed by atoms with E-state index in [1.807, 2.05) is 12.2 Å². The first-order chi connectivity index (χ1) is 15.1. The highest BCUT2D eigenvalue weighted by Gasteiger charge is 2.60. The summed E-state index contributed by atoms with van der Waals surface area (Å²) in [7, 11) is -7.33. The Bertz CT molecular complexity index is 1250. The van der Waals surface area contributed by atoms with Crippen LogP contribution in [0.25, 0.3) is 0 Å². The summed E-state index contributed by atoms with van der Waals surface area (Å²) < 4.78 is 53.5. The molecule has 2 atom stereocenters. The summed E-state index contributed by atoms with van der Waals surface area (Å²) in [6.07, 6.45) is 7.87. The molecule has 0 radical (unpaired) electrons. The average molecular weight is 509 g/mol. The van der Waals surface area contributed by atoms with E-state index < -0.39 is 30.5 Å². The van der Waals surface area contributed by atoms with Gasteiger partial charge in [0.25, 0.3) is 0 Å². The third-order valence-corrected chi connectivity index (χ3v) is 11.5. The number of halogens is 2. The van der Waals surface area contributed by atoms with Crippen molar-refractivity contribution in [3.05, 3.63) is 80.5 Å². The summed E-state index contributed by atoms with van der Waals surface area (Å²) >= 11 is 11.9. The van der Waals surface area contributed by atoms with Crippen LogP contribution in [0.15, 0.2) is 80.3 Å². The highest BCUT2D eigenvalue weighted by Crippen LogP contribution is 2.68. The van der Waals surface area contributed by atoms with Crippen LogP contribution >= 0.6 is 23.2 Å². The minimum Gasteiger partial charge on any atom is -0.219 e. The van der Waals surface area contributed by atoms with Gasteiger partial charge in [-0.25, -0.2) is 16.8 Å². The molecule has 0 N–H and O–H groups in total. The highest BCUT2D eigenvalue weighted by atomic mass is 35.5. The Hall–Kier alpha value is -1.60. The fourth-order valence-corrected chi connectivity index (χ4v) is 9.16. The Morgan fingerprint density at radius 1 is 0.594 bits per heavy atom. The van der Waals surface area contributed by atoms with Crippen molar-refractivity contribution >= 4 is 42.9 Å². The molecule has 0 aliphatic heterocycles. The highest BCUT2D eigenvalue weighted by molar-refractivity contribution is 7.95. The second-order valence-electron chi connectivity index (χ2n) is 9.01. The van der Waals surface area contributed by atoms with E-state index in [1.165, 1.54) is 24.3 Å². The summed E-state index contributed by atoms with van der Waals surface area (Å²) in [5, 5.41) is 0.958. The molecule has 0 saturated heterocycles. The van der Waals surface area contributed by atoms with Crippen molar-refractivity contribution < 1.29 is 16.8 Å². The first-order valence-corrected chi connectivity index (χ1v) is 14.3. The molecule has 1 fully saturated rings. The van der Waals surface area contributed by atoms with Crippen LogP contribution in [0.5, 0.6) is 0 Å². The molecule has 0 bridgehead atoms. The molecule has 1 saturated carbocycles. The van der Waals surface area contributed by atoms with E-state index in [9.17, 15) is 16.8 Å². The van der Waals surface area contributed by atoms with Crippen LogP contribution in [-0.2, 0) is 19.7 Å². The van der Waals surface area contributed by atoms with Crippen molar-refractivity contribution in [1.82, 2.24) is 0 Å². The van der Waals surface area contributed by atoms with Crippen molar-refractivity contribution in [1.29, 1.82) is 0 Å². The zero-order valence-corrected chi connectivity index (χ0v) is 20.4. The van der Waals surface area contributed by atoms with Gasteiger partial charge >= 0.3 is 0 Å². The van der Waals surface area contributed by atoms with E-state index in [2.05, 4.69) is 0 Å². The van der Waals surface area contributed by atoms with Gasteiger partial charge in [0.15, 0.2) is 0 Å². The van der Waals surface area contributed by atoms with Crippen LogP contribution in [0.4, 0.5) is 0 Å². The fraction of sp³-hybridized carbons (Fsp3) is 0.333. The molecule has 0 unspecified atom stereocenters. The topological polar surface area (TPSA) is 68.3 Å². The number of hydrogen-bond donors (Lipinski definition) is 0. The lowest BCUT2D eigenvalue weighted by Crippen LogP contribution is -2.35. The number of hydrogen-bond acceptors (Lipinski definition) is 4. The van der Waals surface area contributed by atoms with Crippen LogP contribution in [0.1, 0.15) is 38.5 Å². The minimum atomic E-state index is -3.67. The number of allylic oxidation sites excluding steroid dienone is 4. The Morgan fingerprint density at radius 3 is 1.28 bits per heavy atom. The molecule has 0 heterocycles. The van der Waals surface area contributed by atoms with E-state index in [1.54, 1.807) is 24.3 Å². The lowest BCUT2D eigenvalue weighted by molar-refractivity contribution is 0.110. The average Bonchev–Trinajstić information content (AvgIpc) is 3.27. The normalized spacial score (nSPS) is 27.4. The molecule has 2 aromatic carbocycles. The van der Waals surface area contributed by atoms with Gasteiger partial charge in [-0.15, -0.1) is 0 Å². The van der Waals surface area contributed by atoms with Gasteiger partial charge in [0.2, 0.25) is 19.7 Å². The van der Waals surface area contributed by atoms with Crippen molar-refractivity contribution in [2.45, 2.75) is 48.3 Å². The first kappa shape index (κ1) is 22.2. The van der Waals surface area contributed by atoms with E-state index in [-0.39, 0.29) is 9.79 Å². The Labute approximate surface area is 198 Å². The van der Waals surface area contributed by atoms with Crippen molar-refractivity contribution in [3.63, 3.8) is 0 Å². The number of benzene rings is 2. The van der Waals surface area contributed by atoms with E-state index >= 15 is 0 Å². The Morgan fingerprint density at radius 2 is 0.938 bits per heavy atom. The van der Waals surface area contributed by atoms with Crippen molar-refractivity contribution in [3.8, 4) is 0 Å². The zero-order chi connectivity index (χ0) is 22.8. The molecule has 3 aliphatic carbocycles. The van der Waals surface area contributed by atoms with Crippen LogP contribution in [0.2, 0.25) is 10.0 Å². The number of rotatable bonds is 4. The van der Waals surface area contributed by atoms with Gasteiger partial charge in [0, 0.05) is 30.7 Å². The second-order valence-corrected chi connectivity index (χ2v) is 13.9. The minimum absolute atomic E-state index is 0.218. The van der Waals surface area contributed by atoms with Gasteiger partial charge in [-0.1, -0.05) is 48.2 Å². The third-order valence-electron chi connectivity index (χ3n) is 7.28. The molecular weight excluding hydrogens is 487 g/mol. The summed E-state index contributed by atoms with van der Waals surface area (Å²) in [4.78, 5) is 1.22. The molecule has 3 aliphatic rings. The molecule has 168 valence electrons. The van der Waals surface area contributed by atoms with E-state index in [0.29, 0.717) is 32.7 Å². The lowest BCUT2D eigenvalue weighted by atomic mass is 9.59. The maximum absolute atomic E-state index is 13.4. The quantitative estimate of drug-likeness (QED) is 0.481. The monoisotopic (exact) mass is 508 g/mol. The van der Waals surface area contributed by atoms with Crippen molar-refractivity contribution in [2.75, 3.05) is 0 Å². The van der Waals surface area contributed by atoms with Gasteiger partial charge in [0.1, 0.15) is 0 Å². The largest absolute Gasteiger partial charge is 0.219 e. The zero-order valence-electron chi connectivity index (χ0n) is 17.2. The summed E-state index contributed by atoms with van der Waals surface area (Å²) in [5.41, 5.74) is -0.955. The van der Waals surface area contributed by atoms with Gasteiger partial charge in [-0.2, -0.15) is 0 Å². The molecule has 5 rings (SSSR count). The lowest BCUT2D eigenvalue weighted by Gasteiger charge is -2.44. The SMILES string of the molecule is O=S(=O)(C1=C[C@@]23CCCC[C@@]2(C=C(S(=O)(=O)c2ccc(Cl)cc2)C3)C1)c1ccc(Cl)cc1. The van der Waals surface area contributed by atoms with Gasteiger partial charge < -0.3 is 0 Å². The standard InChI is InChI=1S/C24H22Cl2O4S2/c25-17-3-7-19(8-4-17)31(27,28)21-13-23-11-1-2-12-24(23,15-21)16-22(14-23)32(29,30)20-9-5-18(26)6-10-20/h3-10,13,16H,1-2,11-12,14-15H2/t23-,24+/m1/s1. The van der Waals surface area contributed by atoms with E-state index in [4.69, 9.17) is 23.2 Å². The van der Waals surface area contributed by atoms with Gasteiger partial charge in [-0.3, -0.25) is 0 Å². The Balaban J connectivity index is 1.55. The van der Waals surface area contributed by atoms with Crippen LogP contribution in [-0.4, -0.2) is 16.8 Å².